The van der Waals surface area contributed by atoms with Gasteiger partial charge < -0.3 is 49.9 Å². The molecule has 64 heavy (non-hydrogen) atoms. The fourth-order valence-corrected chi connectivity index (χ4v) is 7.27. The number of aliphatic hydroxyl groups excluding tert-OH is 1. The number of hydrogen-bond donors (Lipinski definition) is 5. The van der Waals surface area contributed by atoms with E-state index in [0.717, 1.165) is 16.8 Å². The molecule has 20 nitrogen and oxygen atoms in total. The molecule has 3 atom stereocenters. The van der Waals surface area contributed by atoms with Gasteiger partial charge in [0.05, 0.1) is 56.9 Å². The SMILES string of the molecule is C=C(COc1cc(-c2ccccn2)ccc1CNc1nc(N[C@H](CC)CO)nc2c1ncn2C(C)C)C(=O)N[C@@H]1CN(c2nc(Nc3cn(C)nc3OC)c3ncn(C)c3n2)C[C@H]1F. The number of ether oxygens (including phenoxy) is 2. The molecular formula is C43H51FN16O4. The van der Waals surface area contributed by atoms with Crippen LogP contribution in [0.2, 0.25) is 0 Å². The van der Waals surface area contributed by atoms with Crippen molar-refractivity contribution < 1.29 is 23.8 Å². The zero-order valence-corrected chi connectivity index (χ0v) is 36.4. The number of aryl methyl sites for hydroxylation is 2. The van der Waals surface area contributed by atoms with Crippen LogP contribution in [-0.4, -0.2) is 116 Å². The van der Waals surface area contributed by atoms with Crippen LogP contribution in [-0.2, 0) is 25.4 Å². The summed E-state index contributed by atoms with van der Waals surface area (Å²) in [7, 11) is 5.10. The van der Waals surface area contributed by atoms with Crippen molar-refractivity contribution in [2.24, 2.45) is 14.1 Å². The summed E-state index contributed by atoms with van der Waals surface area (Å²) in [6.07, 6.45) is 6.05. The Morgan fingerprint density at radius 3 is 2.58 bits per heavy atom. The number of carbonyl (C=O) groups excluding carboxylic acids is 1. The number of benzene rings is 1. The van der Waals surface area contributed by atoms with Gasteiger partial charge in [0, 0.05) is 56.1 Å². The van der Waals surface area contributed by atoms with Crippen LogP contribution in [0.15, 0.2) is 73.6 Å². The summed E-state index contributed by atoms with van der Waals surface area (Å²) in [5, 5.41) is 26.9. The van der Waals surface area contributed by atoms with Crippen molar-refractivity contribution in [1.82, 2.24) is 59.1 Å². The Morgan fingerprint density at radius 2 is 1.83 bits per heavy atom. The van der Waals surface area contributed by atoms with Crippen LogP contribution in [0.5, 0.6) is 11.6 Å². The molecule has 0 spiro atoms. The topological polar surface area (TPSA) is 225 Å². The van der Waals surface area contributed by atoms with E-state index in [2.05, 4.69) is 47.9 Å². The highest BCUT2D eigenvalue weighted by atomic mass is 19.1. The maximum atomic E-state index is 15.7. The molecule has 0 radical (unpaired) electrons. The first kappa shape index (κ1) is 43.2. The monoisotopic (exact) mass is 874 g/mol. The Labute approximate surface area is 368 Å². The summed E-state index contributed by atoms with van der Waals surface area (Å²) in [4.78, 5) is 47.8. The molecule has 7 aromatic rings. The molecule has 0 bridgehead atoms. The predicted octanol–water partition coefficient (Wildman–Crippen LogP) is 4.70. The summed E-state index contributed by atoms with van der Waals surface area (Å²) < 4.78 is 32.8. The molecule has 0 aliphatic carbocycles. The van der Waals surface area contributed by atoms with Crippen LogP contribution in [0, 0.1) is 0 Å². The zero-order valence-electron chi connectivity index (χ0n) is 36.4. The number of rotatable bonds is 18. The molecule has 1 saturated heterocycles. The molecule has 5 N–H and O–H groups in total. The van der Waals surface area contributed by atoms with Crippen molar-refractivity contribution in [1.29, 1.82) is 0 Å². The highest BCUT2D eigenvalue weighted by Gasteiger charge is 2.36. The quantitative estimate of drug-likeness (QED) is 0.0737. The number of hydrogen-bond acceptors (Lipinski definition) is 16. The fraction of sp³-hybridized carbons (Fsp3) is 0.372. The first-order valence-corrected chi connectivity index (χ1v) is 20.9. The number of carbonyl (C=O) groups is 1. The fourth-order valence-electron chi connectivity index (χ4n) is 7.27. The Bertz CT molecular complexity index is 2790. The van der Waals surface area contributed by atoms with Crippen LogP contribution in [0.25, 0.3) is 33.6 Å². The number of nitrogens with one attached hydrogen (secondary N) is 4. The van der Waals surface area contributed by atoms with Gasteiger partial charge >= 0.3 is 0 Å². The van der Waals surface area contributed by atoms with E-state index < -0.39 is 18.1 Å². The van der Waals surface area contributed by atoms with E-state index in [1.807, 2.05) is 68.8 Å². The third kappa shape index (κ3) is 9.05. The first-order chi connectivity index (χ1) is 30.9. The number of methoxy groups -OCH3 is 1. The molecule has 1 fully saturated rings. The number of nitrogens with zero attached hydrogens (tertiary/aromatic N) is 12. The lowest BCUT2D eigenvalue weighted by Gasteiger charge is -2.19. The minimum atomic E-state index is -1.43. The molecule has 334 valence electrons. The van der Waals surface area contributed by atoms with Gasteiger partial charge in [0.15, 0.2) is 34.0 Å². The average molecular weight is 875 g/mol. The largest absolute Gasteiger partial charge is 0.488 e. The Kier molecular flexibility index (Phi) is 12.5. The second-order valence-electron chi connectivity index (χ2n) is 15.8. The van der Waals surface area contributed by atoms with Gasteiger partial charge in [-0.2, -0.15) is 19.9 Å². The van der Waals surface area contributed by atoms with Crippen LogP contribution in [0.3, 0.4) is 0 Å². The molecule has 0 unspecified atom stereocenters. The highest BCUT2D eigenvalue weighted by molar-refractivity contribution is 5.93. The maximum Gasteiger partial charge on any atom is 0.256 e. The van der Waals surface area contributed by atoms with E-state index >= 15 is 4.39 Å². The van der Waals surface area contributed by atoms with Crippen LogP contribution >= 0.6 is 0 Å². The van der Waals surface area contributed by atoms with Gasteiger partial charge in [0.2, 0.25) is 17.8 Å². The van der Waals surface area contributed by atoms with Crippen molar-refractivity contribution in [2.75, 3.05) is 54.3 Å². The summed E-state index contributed by atoms with van der Waals surface area (Å²) in [5.74, 6) is 1.77. The van der Waals surface area contributed by atoms with Gasteiger partial charge in [0.1, 0.15) is 24.2 Å². The van der Waals surface area contributed by atoms with Crippen LogP contribution < -0.4 is 35.6 Å². The lowest BCUT2D eigenvalue weighted by atomic mass is 10.1. The van der Waals surface area contributed by atoms with Gasteiger partial charge in [-0.3, -0.25) is 14.5 Å². The smallest absolute Gasteiger partial charge is 0.256 e. The van der Waals surface area contributed by atoms with Crippen molar-refractivity contribution >= 4 is 57.5 Å². The van der Waals surface area contributed by atoms with Crippen molar-refractivity contribution in [3.8, 4) is 22.9 Å². The number of pyridine rings is 1. The van der Waals surface area contributed by atoms with Gasteiger partial charge in [-0.1, -0.05) is 31.7 Å². The molecule has 0 saturated carbocycles. The number of fused-ring (bicyclic) bond motifs is 2. The lowest BCUT2D eigenvalue weighted by molar-refractivity contribution is -0.118. The Hall–Kier alpha value is -7.42. The first-order valence-electron chi connectivity index (χ1n) is 20.9. The Morgan fingerprint density at radius 1 is 1.02 bits per heavy atom. The molecule has 8 rings (SSSR count). The molecule has 1 aliphatic rings. The van der Waals surface area contributed by atoms with Crippen molar-refractivity contribution in [2.45, 2.75) is 58.0 Å². The van der Waals surface area contributed by atoms with Crippen LogP contribution in [0.4, 0.5) is 33.6 Å². The average Bonchev–Trinajstić information content (AvgIpc) is 4.09. The third-order valence-electron chi connectivity index (χ3n) is 10.9. The second-order valence-corrected chi connectivity index (χ2v) is 15.8. The maximum absolute atomic E-state index is 15.7. The molecule has 21 heteroatoms. The third-order valence-corrected chi connectivity index (χ3v) is 10.9. The molecule has 7 heterocycles. The summed E-state index contributed by atoms with van der Waals surface area (Å²) in [6, 6.07) is 10.3. The van der Waals surface area contributed by atoms with E-state index in [1.165, 1.54) is 7.11 Å². The highest BCUT2D eigenvalue weighted by Crippen LogP contribution is 2.32. The minimum Gasteiger partial charge on any atom is -0.488 e. The number of amides is 1. The number of aromatic nitrogens is 11. The van der Waals surface area contributed by atoms with Gasteiger partial charge in [-0.15, -0.1) is 5.10 Å². The number of halogens is 1. The second kappa shape index (κ2) is 18.5. The summed E-state index contributed by atoms with van der Waals surface area (Å²) >= 11 is 0. The van der Waals surface area contributed by atoms with Gasteiger partial charge in [0.25, 0.3) is 5.88 Å². The van der Waals surface area contributed by atoms with E-state index in [0.29, 0.717) is 63.6 Å². The number of imidazole rings is 2. The van der Waals surface area contributed by atoms with Crippen molar-refractivity contribution in [3.63, 3.8) is 0 Å². The molecular weight excluding hydrogens is 824 g/mol. The molecule has 1 amide bonds. The molecule has 1 aromatic carbocycles. The number of alkyl halides is 1. The minimum absolute atomic E-state index is 0.0574. The zero-order chi connectivity index (χ0) is 45.1. The van der Waals surface area contributed by atoms with Crippen molar-refractivity contribution in [3.05, 3.63) is 79.2 Å². The van der Waals surface area contributed by atoms with Crippen LogP contribution in [0.1, 0.15) is 38.8 Å². The molecule has 1 aliphatic heterocycles. The predicted molar refractivity (Wildman–Crippen MR) is 241 cm³/mol. The van der Waals surface area contributed by atoms with E-state index in [-0.39, 0.29) is 56.5 Å². The van der Waals surface area contributed by atoms with E-state index in [1.54, 1.807) is 46.2 Å². The Balaban J connectivity index is 0.976. The van der Waals surface area contributed by atoms with Gasteiger partial charge in [-0.25, -0.2) is 14.4 Å². The summed E-state index contributed by atoms with van der Waals surface area (Å²) in [5.41, 5.74) is 5.20. The number of anilines is 5. The number of aliphatic hydroxyl groups is 1. The normalized spacial score (nSPS) is 15.5. The summed E-state index contributed by atoms with van der Waals surface area (Å²) in [6.45, 7) is 10.1. The lowest BCUT2D eigenvalue weighted by Crippen LogP contribution is -2.42. The van der Waals surface area contributed by atoms with E-state index in [4.69, 9.17) is 29.4 Å². The standard InChI is InChI=1S/C43H51FN16O4/c1-8-28(20-61)49-42-52-36(34-39(54-42)60(23-48-34)24(2)3)46-16-27-13-12-26(30-11-9-10-14-45-30)15-33(27)64-21-25(4)40(62)51-31-19-59(17-29(31)44)43-53-37(35-38(55-43)57(5)22-47-35)50-32-18-58(6)56-41(32)63-7/h9-15,18,22-24,28-29,31,61H,4,8,16-17,19-21H2,1-3,5-7H3,(H,51,62)(H,50,53,55)(H2,46,49,52,54)/t28-,29-,31-/m1/s1. The molecule has 6 aromatic heterocycles. The van der Waals surface area contributed by atoms with E-state index in [9.17, 15) is 9.90 Å². The van der Waals surface area contributed by atoms with Gasteiger partial charge in [-0.05, 0) is 38.5 Å².